The average Bonchev–Trinajstić information content (AvgIpc) is 3.34. The standard InChI is InChI=1S/C20H18N2O3/c23-19(21-15-10-11-15)18(13-6-2-1-3-7-13)25-20(24)17-12-14-8-4-5-9-16(14)22-17/h1-9,12,15,18,22H,10-11H2,(H,21,23)/t18-/m0/s1. The van der Waals surface area contributed by atoms with Gasteiger partial charge in [0.05, 0.1) is 0 Å². The van der Waals surface area contributed by atoms with E-state index in [1.165, 1.54) is 0 Å². The van der Waals surface area contributed by atoms with E-state index >= 15 is 0 Å². The van der Waals surface area contributed by atoms with E-state index in [-0.39, 0.29) is 11.9 Å². The Hall–Kier alpha value is -3.08. The lowest BCUT2D eigenvalue weighted by Gasteiger charge is -2.17. The first kappa shape index (κ1) is 15.4. The SMILES string of the molecule is O=C(O[C@H](C(=O)NC1CC1)c1ccccc1)c1cc2ccccc2[nH]1. The molecule has 0 bridgehead atoms. The van der Waals surface area contributed by atoms with Crippen LogP contribution in [0.5, 0.6) is 0 Å². The highest BCUT2D eigenvalue weighted by molar-refractivity contribution is 5.96. The first-order valence-electron chi connectivity index (χ1n) is 8.35. The number of aromatic amines is 1. The summed E-state index contributed by atoms with van der Waals surface area (Å²) in [6, 6.07) is 18.6. The van der Waals surface area contributed by atoms with Crippen molar-refractivity contribution >= 4 is 22.8 Å². The number of benzene rings is 2. The van der Waals surface area contributed by atoms with E-state index in [1.807, 2.05) is 42.5 Å². The second-order valence-corrected chi connectivity index (χ2v) is 6.25. The zero-order valence-corrected chi connectivity index (χ0v) is 13.6. The number of nitrogens with one attached hydrogen (secondary N) is 2. The van der Waals surface area contributed by atoms with Gasteiger partial charge in [0.25, 0.3) is 5.91 Å². The number of carbonyl (C=O) groups excluding carboxylic acids is 2. The molecule has 1 aliphatic rings. The van der Waals surface area contributed by atoms with Crippen LogP contribution in [0.15, 0.2) is 60.7 Å². The number of ether oxygens (including phenoxy) is 1. The molecule has 1 amide bonds. The molecule has 1 saturated carbocycles. The van der Waals surface area contributed by atoms with Crippen LogP contribution < -0.4 is 5.32 Å². The number of carbonyl (C=O) groups is 2. The molecule has 2 N–H and O–H groups in total. The number of hydrogen-bond acceptors (Lipinski definition) is 3. The Morgan fingerprint density at radius 1 is 1.04 bits per heavy atom. The van der Waals surface area contributed by atoms with E-state index < -0.39 is 12.1 Å². The van der Waals surface area contributed by atoms with E-state index in [2.05, 4.69) is 10.3 Å². The second kappa shape index (κ2) is 6.43. The van der Waals surface area contributed by atoms with Gasteiger partial charge in [0.15, 0.2) is 0 Å². The lowest BCUT2D eigenvalue weighted by molar-refractivity contribution is -0.130. The number of hydrogen-bond donors (Lipinski definition) is 2. The van der Waals surface area contributed by atoms with Crippen LogP contribution in [0.2, 0.25) is 0 Å². The van der Waals surface area contributed by atoms with Gasteiger partial charge in [0.2, 0.25) is 6.10 Å². The molecule has 3 aromatic rings. The Morgan fingerprint density at radius 3 is 2.48 bits per heavy atom. The van der Waals surface area contributed by atoms with Crippen molar-refractivity contribution in [2.75, 3.05) is 0 Å². The molecule has 1 atom stereocenters. The normalized spacial score (nSPS) is 14.9. The van der Waals surface area contributed by atoms with Crippen molar-refractivity contribution in [2.24, 2.45) is 0 Å². The predicted octanol–water partition coefficient (Wildman–Crippen LogP) is 3.34. The van der Waals surface area contributed by atoms with Crippen molar-refractivity contribution < 1.29 is 14.3 Å². The van der Waals surface area contributed by atoms with Crippen molar-refractivity contribution in [1.82, 2.24) is 10.3 Å². The fraction of sp³-hybridized carbons (Fsp3) is 0.200. The average molecular weight is 334 g/mol. The number of esters is 1. The summed E-state index contributed by atoms with van der Waals surface area (Å²) in [7, 11) is 0. The minimum Gasteiger partial charge on any atom is -0.443 e. The molecular formula is C20H18N2O3. The third-order valence-corrected chi connectivity index (χ3v) is 4.24. The van der Waals surface area contributed by atoms with Crippen LogP contribution in [0, 0.1) is 0 Å². The van der Waals surface area contributed by atoms with Crippen molar-refractivity contribution in [1.29, 1.82) is 0 Å². The van der Waals surface area contributed by atoms with Gasteiger partial charge in [-0.15, -0.1) is 0 Å². The number of H-pyrrole nitrogens is 1. The molecule has 0 unspecified atom stereocenters. The molecule has 0 saturated heterocycles. The van der Waals surface area contributed by atoms with Crippen LogP contribution >= 0.6 is 0 Å². The second-order valence-electron chi connectivity index (χ2n) is 6.25. The van der Waals surface area contributed by atoms with Gasteiger partial charge < -0.3 is 15.0 Å². The zero-order chi connectivity index (χ0) is 17.2. The van der Waals surface area contributed by atoms with Gasteiger partial charge in [-0.1, -0.05) is 48.5 Å². The molecule has 5 nitrogen and oxygen atoms in total. The lowest BCUT2D eigenvalue weighted by atomic mass is 10.1. The monoisotopic (exact) mass is 334 g/mol. The Morgan fingerprint density at radius 2 is 1.76 bits per heavy atom. The molecule has 5 heteroatoms. The smallest absolute Gasteiger partial charge is 0.355 e. The minimum atomic E-state index is -0.958. The van der Waals surface area contributed by atoms with Crippen molar-refractivity contribution in [2.45, 2.75) is 25.0 Å². The summed E-state index contributed by atoms with van der Waals surface area (Å²) < 4.78 is 5.56. The van der Waals surface area contributed by atoms with Gasteiger partial charge in [0, 0.05) is 22.5 Å². The lowest BCUT2D eigenvalue weighted by Crippen LogP contribution is -2.33. The highest BCUT2D eigenvalue weighted by Gasteiger charge is 2.31. The maximum absolute atomic E-state index is 12.6. The number of rotatable bonds is 5. The van der Waals surface area contributed by atoms with E-state index in [0.717, 1.165) is 23.7 Å². The Kier molecular flexibility index (Phi) is 3.98. The van der Waals surface area contributed by atoms with Gasteiger partial charge in [-0.3, -0.25) is 4.79 Å². The van der Waals surface area contributed by atoms with Crippen LogP contribution in [0.1, 0.15) is 35.0 Å². The minimum absolute atomic E-state index is 0.200. The number of aromatic nitrogens is 1. The molecule has 1 aliphatic carbocycles. The summed E-state index contributed by atoms with van der Waals surface area (Å²) in [4.78, 5) is 28.1. The highest BCUT2D eigenvalue weighted by Crippen LogP contribution is 2.24. The van der Waals surface area contributed by atoms with Crippen LogP contribution in [0.3, 0.4) is 0 Å². The van der Waals surface area contributed by atoms with Gasteiger partial charge in [-0.05, 0) is 25.0 Å². The van der Waals surface area contributed by atoms with Crippen molar-refractivity contribution in [3.05, 3.63) is 71.9 Å². The molecule has 0 aliphatic heterocycles. The van der Waals surface area contributed by atoms with Crippen LogP contribution in [-0.2, 0) is 9.53 Å². The van der Waals surface area contributed by atoms with Crippen LogP contribution in [0.25, 0.3) is 10.9 Å². The van der Waals surface area contributed by atoms with Gasteiger partial charge in [-0.25, -0.2) is 4.79 Å². The van der Waals surface area contributed by atoms with Gasteiger partial charge in [0.1, 0.15) is 5.69 Å². The Labute approximate surface area is 145 Å². The van der Waals surface area contributed by atoms with E-state index in [1.54, 1.807) is 18.2 Å². The molecule has 1 aromatic heterocycles. The molecule has 0 radical (unpaired) electrons. The van der Waals surface area contributed by atoms with E-state index in [4.69, 9.17) is 4.74 Å². The van der Waals surface area contributed by atoms with Crippen molar-refractivity contribution in [3.8, 4) is 0 Å². The topological polar surface area (TPSA) is 71.2 Å². The Bertz CT molecular complexity index is 880. The maximum atomic E-state index is 12.6. The van der Waals surface area contributed by atoms with Crippen LogP contribution in [0.4, 0.5) is 0 Å². The summed E-state index contributed by atoms with van der Waals surface area (Å²) in [6.45, 7) is 0. The third-order valence-electron chi connectivity index (χ3n) is 4.24. The predicted molar refractivity (Wildman–Crippen MR) is 94.1 cm³/mol. The number of para-hydroxylation sites is 1. The third kappa shape index (κ3) is 3.40. The maximum Gasteiger partial charge on any atom is 0.355 e. The summed E-state index contributed by atoms with van der Waals surface area (Å²) in [5, 5.41) is 3.83. The first-order chi connectivity index (χ1) is 12.2. The first-order valence-corrected chi connectivity index (χ1v) is 8.35. The van der Waals surface area contributed by atoms with Gasteiger partial charge in [-0.2, -0.15) is 0 Å². The number of fused-ring (bicyclic) bond motifs is 1. The number of amides is 1. The summed E-state index contributed by atoms with van der Waals surface area (Å²) >= 11 is 0. The quantitative estimate of drug-likeness (QED) is 0.703. The molecule has 0 spiro atoms. The summed E-state index contributed by atoms with van der Waals surface area (Å²) in [5.41, 5.74) is 1.85. The van der Waals surface area contributed by atoms with Crippen LogP contribution in [-0.4, -0.2) is 22.9 Å². The van der Waals surface area contributed by atoms with Crippen molar-refractivity contribution in [3.63, 3.8) is 0 Å². The summed E-state index contributed by atoms with van der Waals surface area (Å²) in [5.74, 6) is -0.825. The molecule has 126 valence electrons. The van der Waals surface area contributed by atoms with E-state index in [9.17, 15) is 9.59 Å². The van der Waals surface area contributed by atoms with E-state index in [0.29, 0.717) is 11.3 Å². The highest BCUT2D eigenvalue weighted by atomic mass is 16.5. The molecule has 1 heterocycles. The molecule has 1 fully saturated rings. The molecular weight excluding hydrogens is 316 g/mol. The zero-order valence-electron chi connectivity index (χ0n) is 13.6. The van der Waals surface area contributed by atoms with Gasteiger partial charge >= 0.3 is 5.97 Å². The summed E-state index contributed by atoms with van der Waals surface area (Å²) in [6.07, 6.45) is 0.993. The largest absolute Gasteiger partial charge is 0.443 e. The fourth-order valence-electron chi connectivity index (χ4n) is 2.76. The fourth-order valence-corrected chi connectivity index (χ4v) is 2.76. The Balaban J connectivity index is 1.58. The molecule has 2 aromatic carbocycles. The molecule has 25 heavy (non-hydrogen) atoms. The molecule has 4 rings (SSSR count).